The van der Waals surface area contributed by atoms with Crippen molar-refractivity contribution >= 4 is 5.78 Å². The summed E-state index contributed by atoms with van der Waals surface area (Å²) in [6.07, 6.45) is 1.75. The maximum absolute atomic E-state index is 11.7. The summed E-state index contributed by atoms with van der Waals surface area (Å²) in [5.41, 5.74) is 1.45. The van der Waals surface area contributed by atoms with E-state index in [1.165, 1.54) is 6.92 Å². The number of hydrogen-bond acceptors (Lipinski definition) is 3. The number of pyridine rings is 1. The van der Waals surface area contributed by atoms with Crippen LogP contribution < -0.4 is 10.3 Å². The predicted octanol–water partition coefficient (Wildman–Crippen LogP) is 2.44. The van der Waals surface area contributed by atoms with Gasteiger partial charge in [0.2, 0.25) is 0 Å². The number of aromatic nitrogens is 1. The summed E-state index contributed by atoms with van der Waals surface area (Å²) >= 11 is 0. The van der Waals surface area contributed by atoms with Crippen LogP contribution in [0.15, 0.2) is 47.4 Å². The fourth-order valence-electron chi connectivity index (χ4n) is 1.93. The van der Waals surface area contributed by atoms with Crippen LogP contribution in [0, 0.1) is 6.92 Å². The summed E-state index contributed by atoms with van der Waals surface area (Å²) < 4.78 is 7.19. The first-order chi connectivity index (χ1) is 9.58. The molecular formula is C16H17NO3. The highest BCUT2D eigenvalue weighted by Gasteiger charge is 2.07. The maximum atomic E-state index is 11.7. The topological polar surface area (TPSA) is 48.3 Å². The Morgan fingerprint density at radius 1 is 1.25 bits per heavy atom. The normalized spacial score (nSPS) is 10.3. The Hall–Kier alpha value is -2.36. The highest BCUT2D eigenvalue weighted by atomic mass is 16.5. The second-order valence-electron chi connectivity index (χ2n) is 4.64. The largest absolute Gasteiger partial charge is 0.491 e. The lowest BCUT2D eigenvalue weighted by Crippen LogP contribution is -2.22. The lowest BCUT2D eigenvalue weighted by Gasteiger charge is -2.10. The number of para-hydroxylation sites is 1. The number of benzene rings is 1. The van der Waals surface area contributed by atoms with Gasteiger partial charge in [-0.2, -0.15) is 0 Å². The summed E-state index contributed by atoms with van der Waals surface area (Å²) in [5.74, 6) is 0.522. The van der Waals surface area contributed by atoms with Gasteiger partial charge in [0.1, 0.15) is 12.4 Å². The van der Waals surface area contributed by atoms with Crippen LogP contribution in [-0.4, -0.2) is 17.0 Å². The first-order valence-corrected chi connectivity index (χ1v) is 6.48. The van der Waals surface area contributed by atoms with E-state index in [-0.39, 0.29) is 11.3 Å². The standard InChI is InChI=1S/C16H17NO3/c1-12-7-8-17(16(19)11-12)9-10-20-15-6-4-3-5-14(15)13(2)18/h3-8,11H,9-10H2,1-2H3. The molecular weight excluding hydrogens is 254 g/mol. The summed E-state index contributed by atoms with van der Waals surface area (Å²) in [6, 6.07) is 10.6. The maximum Gasteiger partial charge on any atom is 0.250 e. The van der Waals surface area contributed by atoms with Crippen molar-refractivity contribution in [3.05, 3.63) is 64.1 Å². The molecule has 4 heteroatoms. The van der Waals surface area contributed by atoms with E-state index in [0.29, 0.717) is 24.5 Å². The summed E-state index contributed by atoms with van der Waals surface area (Å²) in [5, 5.41) is 0. The zero-order valence-corrected chi connectivity index (χ0v) is 11.6. The molecule has 1 aromatic heterocycles. The molecule has 0 atom stereocenters. The van der Waals surface area contributed by atoms with Gasteiger partial charge in [-0.05, 0) is 37.6 Å². The Morgan fingerprint density at radius 3 is 2.70 bits per heavy atom. The third kappa shape index (κ3) is 3.35. The monoisotopic (exact) mass is 271 g/mol. The Kier molecular flexibility index (Phi) is 4.35. The number of carbonyl (C=O) groups excluding carboxylic acids is 1. The molecule has 1 heterocycles. The molecule has 0 unspecified atom stereocenters. The van der Waals surface area contributed by atoms with Crippen LogP contribution in [-0.2, 0) is 6.54 Å². The number of ether oxygens (including phenoxy) is 1. The van der Waals surface area contributed by atoms with Crippen molar-refractivity contribution in [3.8, 4) is 5.75 Å². The Labute approximate surface area is 117 Å². The van der Waals surface area contributed by atoms with Crippen LogP contribution in [0.4, 0.5) is 0 Å². The van der Waals surface area contributed by atoms with Gasteiger partial charge in [-0.25, -0.2) is 0 Å². The van der Waals surface area contributed by atoms with Crippen LogP contribution in [0.25, 0.3) is 0 Å². The molecule has 0 N–H and O–H groups in total. The zero-order chi connectivity index (χ0) is 14.5. The second-order valence-corrected chi connectivity index (χ2v) is 4.64. The highest BCUT2D eigenvalue weighted by molar-refractivity contribution is 5.96. The van der Waals surface area contributed by atoms with Crippen molar-refractivity contribution in [2.45, 2.75) is 20.4 Å². The summed E-state index contributed by atoms with van der Waals surface area (Å²) in [6.45, 7) is 4.18. The quantitative estimate of drug-likeness (QED) is 0.785. The number of Topliss-reactive ketones (excluding diaryl/α,β-unsaturated/α-hetero) is 1. The van der Waals surface area contributed by atoms with Crippen molar-refractivity contribution in [1.29, 1.82) is 0 Å². The molecule has 0 spiro atoms. The molecule has 2 rings (SSSR count). The molecule has 20 heavy (non-hydrogen) atoms. The SMILES string of the molecule is CC(=O)c1ccccc1OCCn1ccc(C)cc1=O. The van der Waals surface area contributed by atoms with Crippen LogP contribution >= 0.6 is 0 Å². The van der Waals surface area contributed by atoms with Crippen molar-refractivity contribution in [1.82, 2.24) is 4.57 Å². The molecule has 104 valence electrons. The molecule has 0 amide bonds. The van der Waals surface area contributed by atoms with Crippen molar-refractivity contribution in [2.75, 3.05) is 6.61 Å². The lowest BCUT2D eigenvalue weighted by atomic mass is 10.1. The van der Waals surface area contributed by atoms with E-state index >= 15 is 0 Å². The number of ketones is 1. The van der Waals surface area contributed by atoms with Gasteiger partial charge in [0, 0.05) is 12.3 Å². The molecule has 0 fully saturated rings. The lowest BCUT2D eigenvalue weighted by molar-refractivity contribution is 0.101. The van der Waals surface area contributed by atoms with E-state index in [4.69, 9.17) is 4.74 Å². The van der Waals surface area contributed by atoms with Gasteiger partial charge in [0.05, 0.1) is 12.1 Å². The predicted molar refractivity (Wildman–Crippen MR) is 77.4 cm³/mol. The Balaban J connectivity index is 2.03. The number of nitrogens with zero attached hydrogens (tertiary/aromatic N) is 1. The number of carbonyl (C=O) groups is 1. The van der Waals surface area contributed by atoms with E-state index in [1.54, 1.807) is 35.0 Å². The third-order valence-corrected chi connectivity index (χ3v) is 3.01. The minimum Gasteiger partial charge on any atom is -0.491 e. The zero-order valence-electron chi connectivity index (χ0n) is 11.6. The Bertz CT molecular complexity index is 673. The molecule has 0 bridgehead atoms. The van der Waals surface area contributed by atoms with Crippen molar-refractivity contribution in [3.63, 3.8) is 0 Å². The van der Waals surface area contributed by atoms with Crippen LogP contribution in [0.1, 0.15) is 22.8 Å². The second kappa shape index (κ2) is 6.19. The number of aryl methyl sites for hydroxylation is 1. The summed E-state index contributed by atoms with van der Waals surface area (Å²) in [7, 11) is 0. The van der Waals surface area contributed by atoms with Crippen LogP contribution in [0.2, 0.25) is 0 Å². The van der Waals surface area contributed by atoms with E-state index in [9.17, 15) is 9.59 Å². The highest BCUT2D eigenvalue weighted by Crippen LogP contribution is 2.18. The molecule has 0 aliphatic heterocycles. The van der Waals surface area contributed by atoms with Gasteiger partial charge in [0.25, 0.3) is 5.56 Å². The van der Waals surface area contributed by atoms with Gasteiger partial charge < -0.3 is 9.30 Å². The first-order valence-electron chi connectivity index (χ1n) is 6.48. The van der Waals surface area contributed by atoms with E-state index in [2.05, 4.69) is 0 Å². The van der Waals surface area contributed by atoms with E-state index < -0.39 is 0 Å². The van der Waals surface area contributed by atoms with E-state index in [0.717, 1.165) is 5.56 Å². The molecule has 2 aromatic rings. The molecule has 0 radical (unpaired) electrons. The van der Waals surface area contributed by atoms with E-state index in [1.807, 2.05) is 19.1 Å². The fourth-order valence-corrected chi connectivity index (χ4v) is 1.93. The van der Waals surface area contributed by atoms with Gasteiger partial charge in [0.15, 0.2) is 5.78 Å². The molecule has 0 aliphatic carbocycles. The smallest absolute Gasteiger partial charge is 0.250 e. The van der Waals surface area contributed by atoms with Gasteiger partial charge >= 0.3 is 0 Å². The van der Waals surface area contributed by atoms with Crippen molar-refractivity contribution in [2.24, 2.45) is 0 Å². The van der Waals surface area contributed by atoms with Gasteiger partial charge in [-0.15, -0.1) is 0 Å². The molecule has 0 saturated heterocycles. The average molecular weight is 271 g/mol. The summed E-state index contributed by atoms with van der Waals surface area (Å²) in [4.78, 5) is 23.2. The molecule has 0 saturated carbocycles. The number of hydrogen-bond donors (Lipinski definition) is 0. The minimum atomic E-state index is -0.0477. The fraction of sp³-hybridized carbons (Fsp3) is 0.250. The van der Waals surface area contributed by atoms with Gasteiger partial charge in [-0.3, -0.25) is 9.59 Å². The molecule has 1 aromatic carbocycles. The molecule has 4 nitrogen and oxygen atoms in total. The molecule has 0 aliphatic rings. The van der Waals surface area contributed by atoms with Gasteiger partial charge in [-0.1, -0.05) is 12.1 Å². The minimum absolute atomic E-state index is 0.0342. The average Bonchev–Trinajstić information content (AvgIpc) is 2.41. The van der Waals surface area contributed by atoms with Crippen LogP contribution in [0.5, 0.6) is 5.75 Å². The first kappa shape index (κ1) is 14.1. The van der Waals surface area contributed by atoms with Crippen molar-refractivity contribution < 1.29 is 9.53 Å². The Morgan fingerprint density at radius 2 is 2.00 bits per heavy atom. The van der Waals surface area contributed by atoms with Crippen LogP contribution in [0.3, 0.4) is 0 Å². The third-order valence-electron chi connectivity index (χ3n) is 3.01. The number of rotatable bonds is 5.